The van der Waals surface area contributed by atoms with Gasteiger partial charge in [-0.3, -0.25) is 0 Å². The Morgan fingerprint density at radius 3 is 2.60 bits per heavy atom. The number of hydrogen-bond acceptors (Lipinski definition) is 2. The van der Waals surface area contributed by atoms with Crippen LogP contribution in [0.5, 0.6) is 0 Å². The molecule has 0 saturated carbocycles. The summed E-state index contributed by atoms with van der Waals surface area (Å²) in [7, 11) is 0. The van der Waals surface area contributed by atoms with Crippen molar-refractivity contribution in [2.45, 2.75) is 19.0 Å². The third-order valence-corrected chi connectivity index (χ3v) is 1.65. The summed E-state index contributed by atoms with van der Waals surface area (Å²) >= 11 is 0. The van der Waals surface area contributed by atoms with Crippen molar-refractivity contribution in [3.05, 3.63) is 0 Å². The summed E-state index contributed by atoms with van der Waals surface area (Å²) in [4.78, 5) is 0. The van der Waals surface area contributed by atoms with Gasteiger partial charge in [-0.05, 0) is 6.92 Å². The van der Waals surface area contributed by atoms with E-state index in [0.717, 1.165) is 0 Å². The van der Waals surface area contributed by atoms with E-state index in [1.54, 1.807) is 0 Å². The van der Waals surface area contributed by atoms with Crippen LogP contribution in [0.4, 0.5) is 8.78 Å². The molecule has 0 amide bonds. The Hall–Kier alpha value is -0.220. The fourth-order valence-corrected chi connectivity index (χ4v) is 0.884. The van der Waals surface area contributed by atoms with Gasteiger partial charge in [0.2, 0.25) is 0 Å². The zero-order valence-corrected chi connectivity index (χ0v) is 5.86. The molecule has 1 heterocycles. The second-order valence-corrected chi connectivity index (χ2v) is 2.64. The quantitative estimate of drug-likeness (QED) is 0.593. The maximum absolute atomic E-state index is 12.1. The van der Waals surface area contributed by atoms with E-state index in [-0.39, 0.29) is 6.54 Å². The molecule has 0 aromatic carbocycles. The molecule has 1 N–H and O–H groups in total. The van der Waals surface area contributed by atoms with Crippen LogP contribution in [0.15, 0.2) is 0 Å². The molecule has 0 aromatic rings. The van der Waals surface area contributed by atoms with Gasteiger partial charge in [0.1, 0.15) is 5.60 Å². The first-order chi connectivity index (χ1) is 4.65. The van der Waals surface area contributed by atoms with Gasteiger partial charge in [-0.15, -0.1) is 0 Å². The number of nitrogens with one attached hydrogen (secondary N) is 1. The predicted molar refractivity (Wildman–Crippen MR) is 33.2 cm³/mol. The molecule has 2 nitrogen and oxygen atoms in total. The lowest BCUT2D eigenvalue weighted by Gasteiger charge is -2.33. The van der Waals surface area contributed by atoms with Crippen LogP contribution >= 0.6 is 0 Å². The number of alkyl halides is 2. The Bertz CT molecular complexity index is 112. The van der Waals surface area contributed by atoms with Crippen molar-refractivity contribution in [1.82, 2.24) is 5.32 Å². The molecule has 1 atom stereocenters. The van der Waals surface area contributed by atoms with E-state index in [9.17, 15) is 8.78 Å². The summed E-state index contributed by atoms with van der Waals surface area (Å²) in [6, 6.07) is 0. The molecule has 1 rings (SSSR count). The normalized spacial score (nSPS) is 34.8. The average molecular weight is 151 g/mol. The van der Waals surface area contributed by atoms with E-state index in [0.29, 0.717) is 13.2 Å². The molecule has 0 aromatic heterocycles. The molecule has 1 aliphatic rings. The van der Waals surface area contributed by atoms with Crippen LogP contribution < -0.4 is 5.32 Å². The predicted octanol–water partition coefficient (Wildman–Crippen LogP) is 0.630. The number of hydrogen-bond donors (Lipinski definition) is 1. The molecule has 0 aliphatic carbocycles. The van der Waals surface area contributed by atoms with Crippen LogP contribution in [-0.2, 0) is 4.74 Å². The summed E-state index contributed by atoms with van der Waals surface area (Å²) in [5.74, 6) is 0. The average Bonchev–Trinajstić information content (AvgIpc) is 1.89. The lowest BCUT2D eigenvalue weighted by molar-refractivity contribution is -0.141. The number of morpholine rings is 1. The van der Waals surface area contributed by atoms with Gasteiger partial charge in [-0.25, -0.2) is 8.78 Å². The molecule has 10 heavy (non-hydrogen) atoms. The summed E-state index contributed by atoms with van der Waals surface area (Å²) < 4.78 is 29.2. The van der Waals surface area contributed by atoms with Crippen LogP contribution in [0.3, 0.4) is 0 Å². The van der Waals surface area contributed by atoms with E-state index < -0.39 is 12.0 Å². The molecule has 60 valence electrons. The number of halogens is 2. The minimum Gasteiger partial charge on any atom is -0.367 e. The lowest BCUT2D eigenvalue weighted by Crippen LogP contribution is -2.52. The highest BCUT2D eigenvalue weighted by molar-refractivity contribution is 4.83. The van der Waals surface area contributed by atoms with Crippen LogP contribution in [-0.4, -0.2) is 31.7 Å². The second-order valence-electron chi connectivity index (χ2n) is 2.64. The molecule has 0 radical (unpaired) electrons. The Balaban J connectivity index is 2.48. The van der Waals surface area contributed by atoms with E-state index in [1.807, 2.05) is 0 Å². The zero-order valence-electron chi connectivity index (χ0n) is 5.86. The lowest BCUT2D eigenvalue weighted by atomic mass is 10.1. The van der Waals surface area contributed by atoms with Crippen molar-refractivity contribution in [2.24, 2.45) is 0 Å². The summed E-state index contributed by atoms with van der Waals surface area (Å²) in [5.41, 5.74) is -1.27. The summed E-state index contributed by atoms with van der Waals surface area (Å²) in [6.07, 6.45) is -2.40. The van der Waals surface area contributed by atoms with Crippen molar-refractivity contribution in [1.29, 1.82) is 0 Å². The van der Waals surface area contributed by atoms with Crippen molar-refractivity contribution in [3.8, 4) is 0 Å². The molecule has 1 aliphatic heterocycles. The van der Waals surface area contributed by atoms with Crippen LogP contribution in [0.2, 0.25) is 0 Å². The highest BCUT2D eigenvalue weighted by Gasteiger charge is 2.37. The van der Waals surface area contributed by atoms with Crippen molar-refractivity contribution in [3.63, 3.8) is 0 Å². The van der Waals surface area contributed by atoms with E-state index in [4.69, 9.17) is 4.74 Å². The molecule has 0 bridgehead atoms. The molecule has 1 unspecified atom stereocenters. The van der Waals surface area contributed by atoms with Gasteiger partial charge < -0.3 is 10.1 Å². The molecule has 4 heteroatoms. The van der Waals surface area contributed by atoms with E-state index in [1.165, 1.54) is 6.92 Å². The minimum atomic E-state index is -2.40. The van der Waals surface area contributed by atoms with Gasteiger partial charge in [-0.2, -0.15) is 0 Å². The van der Waals surface area contributed by atoms with Crippen molar-refractivity contribution < 1.29 is 13.5 Å². The van der Waals surface area contributed by atoms with E-state index >= 15 is 0 Å². The zero-order chi connectivity index (χ0) is 7.61. The molecular formula is C6H11F2NO. The largest absolute Gasteiger partial charge is 0.367 e. The van der Waals surface area contributed by atoms with Crippen LogP contribution in [0.25, 0.3) is 0 Å². The molecule has 0 spiro atoms. The van der Waals surface area contributed by atoms with Crippen molar-refractivity contribution >= 4 is 0 Å². The highest BCUT2D eigenvalue weighted by atomic mass is 19.3. The summed E-state index contributed by atoms with van der Waals surface area (Å²) in [6.45, 7) is 2.71. The van der Waals surface area contributed by atoms with Gasteiger partial charge in [-0.1, -0.05) is 0 Å². The molecule has 1 fully saturated rings. The van der Waals surface area contributed by atoms with Gasteiger partial charge in [0.25, 0.3) is 6.43 Å². The topological polar surface area (TPSA) is 21.3 Å². The summed E-state index contributed by atoms with van der Waals surface area (Å²) in [5, 5.41) is 2.85. The maximum Gasteiger partial charge on any atom is 0.268 e. The van der Waals surface area contributed by atoms with Gasteiger partial charge in [0.15, 0.2) is 0 Å². The minimum absolute atomic E-state index is 0.241. The van der Waals surface area contributed by atoms with Gasteiger partial charge in [0.05, 0.1) is 6.61 Å². The Kier molecular flexibility index (Phi) is 2.21. The van der Waals surface area contributed by atoms with Crippen molar-refractivity contribution in [2.75, 3.05) is 19.7 Å². The fraction of sp³-hybridized carbons (Fsp3) is 1.00. The first-order valence-corrected chi connectivity index (χ1v) is 3.28. The Labute approximate surface area is 58.6 Å². The highest BCUT2D eigenvalue weighted by Crippen LogP contribution is 2.20. The van der Waals surface area contributed by atoms with E-state index in [2.05, 4.69) is 5.32 Å². The van der Waals surface area contributed by atoms with Crippen LogP contribution in [0.1, 0.15) is 6.92 Å². The van der Waals surface area contributed by atoms with Gasteiger partial charge >= 0.3 is 0 Å². The maximum atomic E-state index is 12.1. The monoisotopic (exact) mass is 151 g/mol. The second kappa shape index (κ2) is 2.80. The molecule has 1 saturated heterocycles. The third kappa shape index (κ3) is 1.44. The number of rotatable bonds is 1. The van der Waals surface area contributed by atoms with Crippen LogP contribution in [0, 0.1) is 0 Å². The Morgan fingerprint density at radius 1 is 1.60 bits per heavy atom. The third-order valence-electron chi connectivity index (χ3n) is 1.65. The first kappa shape index (κ1) is 7.88. The fourth-order valence-electron chi connectivity index (χ4n) is 0.884. The number of ether oxygens (including phenoxy) is 1. The first-order valence-electron chi connectivity index (χ1n) is 3.28. The smallest absolute Gasteiger partial charge is 0.268 e. The SMILES string of the molecule is CC1(C(F)F)CNCCO1. The standard InChI is InChI=1S/C6H11F2NO/c1-6(5(7)8)4-9-2-3-10-6/h5,9H,2-4H2,1H3. The van der Waals surface area contributed by atoms with Gasteiger partial charge in [0, 0.05) is 13.1 Å². The molecular weight excluding hydrogens is 140 g/mol. The Morgan fingerprint density at radius 2 is 2.30 bits per heavy atom.